The van der Waals surface area contributed by atoms with Gasteiger partial charge < -0.3 is 70.6 Å². The number of guanidine groups is 1. The first-order valence-electron chi connectivity index (χ1n) is 22.3. The van der Waals surface area contributed by atoms with E-state index in [-0.39, 0.29) is 69.9 Å². The largest absolute Gasteiger partial charge is 0.480 e. The average molecular weight is 930 g/mol. The molecule has 23 nitrogen and oxygen atoms in total. The van der Waals surface area contributed by atoms with Crippen molar-refractivity contribution in [2.45, 2.75) is 147 Å². The minimum absolute atomic E-state index is 0.0201. The smallest absolute Gasteiger partial charge is 0.326 e. The van der Waals surface area contributed by atoms with Crippen LogP contribution in [0.3, 0.4) is 0 Å². The van der Waals surface area contributed by atoms with Crippen LogP contribution < -0.4 is 60.6 Å². The third-order valence-corrected chi connectivity index (χ3v) is 10.7. The average Bonchev–Trinajstić information content (AvgIpc) is 3.75. The fourth-order valence-corrected chi connectivity index (χ4v) is 7.16. The van der Waals surface area contributed by atoms with Crippen molar-refractivity contribution in [1.82, 2.24) is 36.8 Å². The molecule has 2 rings (SSSR count). The number of carbonyl (C=O) groups excluding carboxylic acids is 8. The van der Waals surface area contributed by atoms with Gasteiger partial charge in [-0.25, -0.2) is 4.79 Å². The minimum Gasteiger partial charge on any atom is -0.480 e. The number of nitrogens with two attached hydrogens (primary N) is 5. The van der Waals surface area contributed by atoms with Gasteiger partial charge in [-0.1, -0.05) is 44.2 Å². The van der Waals surface area contributed by atoms with E-state index in [4.69, 9.17) is 28.7 Å². The molecule has 17 N–H and O–H groups in total. The molecule has 0 aliphatic carbocycles. The molecule has 0 radical (unpaired) electrons. The molecule has 1 aliphatic rings. The molecule has 1 aliphatic heterocycles. The second-order valence-corrected chi connectivity index (χ2v) is 16.9. The van der Waals surface area contributed by atoms with Crippen LogP contribution in [0.15, 0.2) is 35.3 Å². The Bertz CT molecular complexity index is 1840. The molecule has 368 valence electrons. The summed E-state index contributed by atoms with van der Waals surface area (Å²) >= 11 is 0. The Morgan fingerprint density at radius 3 is 1.83 bits per heavy atom. The van der Waals surface area contributed by atoms with Gasteiger partial charge in [-0.15, -0.1) is 0 Å². The number of benzene rings is 1. The van der Waals surface area contributed by atoms with E-state index in [9.17, 15) is 48.3 Å². The summed E-state index contributed by atoms with van der Waals surface area (Å²) in [6, 6.07) is -0.606. The van der Waals surface area contributed by atoms with Crippen LogP contribution in [0.25, 0.3) is 0 Å². The molecule has 8 atom stereocenters. The first kappa shape index (κ1) is 55.8. The summed E-state index contributed by atoms with van der Waals surface area (Å²) in [6.07, 6.45) is 1.69. The number of primary amides is 1. The van der Waals surface area contributed by atoms with Gasteiger partial charge in [-0.05, 0) is 89.7 Å². The zero-order valence-electron chi connectivity index (χ0n) is 38.4. The zero-order valence-corrected chi connectivity index (χ0v) is 38.4. The van der Waals surface area contributed by atoms with Crippen LogP contribution in [0.4, 0.5) is 0 Å². The van der Waals surface area contributed by atoms with Crippen LogP contribution in [0.5, 0.6) is 0 Å². The Morgan fingerprint density at radius 1 is 0.712 bits per heavy atom. The van der Waals surface area contributed by atoms with Gasteiger partial charge in [0.2, 0.25) is 47.3 Å². The molecule has 8 unspecified atom stereocenters. The van der Waals surface area contributed by atoms with Crippen molar-refractivity contribution in [3.05, 3.63) is 35.9 Å². The lowest BCUT2D eigenvalue weighted by Gasteiger charge is -2.29. The third kappa shape index (κ3) is 19.8. The number of hydrogen-bond donors (Lipinski definition) is 12. The summed E-state index contributed by atoms with van der Waals surface area (Å²) in [4.78, 5) is 124. The van der Waals surface area contributed by atoms with Crippen LogP contribution >= 0.6 is 0 Å². The Hall–Kier alpha value is -6.36. The van der Waals surface area contributed by atoms with E-state index in [1.165, 1.54) is 18.7 Å². The third-order valence-electron chi connectivity index (χ3n) is 10.7. The highest BCUT2D eigenvalue weighted by molar-refractivity contribution is 5.97. The van der Waals surface area contributed by atoms with Crippen molar-refractivity contribution in [1.29, 1.82) is 0 Å². The highest BCUT2D eigenvalue weighted by Crippen LogP contribution is 2.20. The number of nitrogens with one attached hydrogen (secondary N) is 6. The molecule has 1 aromatic carbocycles. The van der Waals surface area contributed by atoms with E-state index >= 15 is 0 Å². The lowest BCUT2D eigenvalue weighted by molar-refractivity contribution is -0.145. The first-order valence-corrected chi connectivity index (χ1v) is 22.3. The molecule has 1 saturated heterocycles. The van der Waals surface area contributed by atoms with Crippen molar-refractivity contribution >= 4 is 59.2 Å². The number of carbonyl (C=O) groups is 9. The van der Waals surface area contributed by atoms with Gasteiger partial charge in [-0.2, -0.15) is 0 Å². The van der Waals surface area contributed by atoms with Gasteiger partial charge in [0, 0.05) is 25.9 Å². The molecule has 23 heteroatoms. The maximum absolute atomic E-state index is 14.2. The molecule has 0 saturated carbocycles. The van der Waals surface area contributed by atoms with Gasteiger partial charge in [0.05, 0.1) is 6.04 Å². The van der Waals surface area contributed by atoms with Crippen molar-refractivity contribution in [2.24, 2.45) is 39.6 Å². The van der Waals surface area contributed by atoms with Gasteiger partial charge in [0.25, 0.3) is 0 Å². The number of unbranched alkanes of at least 4 members (excludes halogenated alkanes) is 1. The molecule has 0 spiro atoms. The number of amides is 8. The molecule has 8 amide bonds. The van der Waals surface area contributed by atoms with Gasteiger partial charge in [0.15, 0.2) is 5.96 Å². The Balaban J connectivity index is 2.33. The summed E-state index contributed by atoms with van der Waals surface area (Å²) in [5, 5.41) is 25.4. The quantitative estimate of drug-likeness (QED) is 0.0218. The first-order chi connectivity index (χ1) is 31.1. The zero-order chi connectivity index (χ0) is 49.5. The number of carboxylic acids is 1. The number of rotatable bonds is 29. The van der Waals surface area contributed by atoms with Crippen LogP contribution in [-0.2, 0) is 49.6 Å². The van der Waals surface area contributed by atoms with E-state index in [2.05, 4.69) is 36.9 Å². The maximum atomic E-state index is 14.2. The van der Waals surface area contributed by atoms with E-state index < -0.39 is 102 Å². The van der Waals surface area contributed by atoms with E-state index in [1.807, 2.05) is 13.8 Å². The number of likely N-dealkylation sites (tertiary alicyclic amines) is 1. The summed E-state index contributed by atoms with van der Waals surface area (Å²) < 4.78 is 0. The summed E-state index contributed by atoms with van der Waals surface area (Å²) in [7, 11) is 0. The van der Waals surface area contributed by atoms with E-state index in [1.54, 1.807) is 30.3 Å². The SMILES string of the molecule is CC(C)CC(NC(=O)C(CCCCN)NC(=O)C(CCCN=C(N)N)NC(=O)C(C)N)C(=O)NC(Cc1ccccc1)C(=O)NC(C)C(=O)N1CCCC1C(=O)NC(CCC(N)=O)C(=O)O. The van der Waals surface area contributed by atoms with Crippen LogP contribution in [0, 0.1) is 5.92 Å². The molecule has 1 fully saturated rings. The molecule has 1 aromatic rings. The van der Waals surface area contributed by atoms with Gasteiger partial charge >= 0.3 is 5.97 Å². The molecular weight excluding hydrogens is 859 g/mol. The molecule has 0 bridgehead atoms. The van der Waals surface area contributed by atoms with E-state index in [0.29, 0.717) is 37.8 Å². The fraction of sp³-hybridized carbons (Fsp3) is 0.628. The lowest BCUT2D eigenvalue weighted by Crippen LogP contribution is -2.60. The predicted octanol–water partition coefficient (Wildman–Crippen LogP) is -2.93. The summed E-state index contributed by atoms with van der Waals surface area (Å²) in [5.41, 5.74) is 28.1. The number of nitrogens with zero attached hydrogens (tertiary/aromatic N) is 2. The van der Waals surface area contributed by atoms with Crippen LogP contribution in [0.1, 0.15) is 97.5 Å². The normalized spacial score (nSPS) is 16.5. The second-order valence-electron chi connectivity index (χ2n) is 16.9. The summed E-state index contributed by atoms with van der Waals surface area (Å²) in [5.74, 6) is -7.22. The summed E-state index contributed by atoms with van der Waals surface area (Å²) in [6.45, 7) is 7.16. The fourth-order valence-electron chi connectivity index (χ4n) is 7.16. The molecule has 0 aromatic heterocycles. The Kier molecular flexibility index (Phi) is 24.1. The lowest BCUT2D eigenvalue weighted by atomic mass is 10.00. The van der Waals surface area contributed by atoms with Crippen LogP contribution in [0.2, 0.25) is 0 Å². The highest BCUT2D eigenvalue weighted by Gasteiger charge is 2.39. The van der Waals surface area contributed by atoms with Gasteiger partial charge in [0.1, 0.15) is 42.3 Å². The predicted molar refractivity (Wildman–Crippen MR) is 244 cm³/mol. The molecule has 66 heavy (non-hydrogen) atoms. The van der Waals surface area contributed by atoms with Crippen LogP contribution in [-0.4, -0.2) is 137 Å². The monoisotopic (exact) mass is 930 g/mol. The van der Waals surface area contributed by atoms with Crippen molar-refractivity contribution in [3.8, 4) is 0 Å². The highest BCUT2D eigenvalue weighted by atomic mass is 16.4. The Labute approximate surface area is 385 Å². The van der Waals surface area contributed by atoms with E-state index in [0.717, 1.165) is 0 Å². The topological polar surface area (TPSA) is 392 Å². The molecular formula is C43H71N13O10. The molecule has 1 heterocycles. The number of aliphatic carboxylic acids is 1. The maximum Gasteiger partial charge on any atom is 0.326 e. The number of hydrogen-bond acceptors (Lipinski definition) is 12. The van der Waals surface area contributed by atoms with Crippen molar-refractivity contribution in [2.75, 3.05) is 19.6 Å². The Morgan fingerprint density at radius 2 is 1.27 bits per heavy atom. The van der Waals surface area contributed by atoms with Gasteiger partial charge in [-0.3, -0.25) is 43.3 Å². The number of aliphatic imine (C=N–C) groups is 1. The minimum atomic E-state index is -1.42. The van der Waals surface area contributed by atoms with Crippen molar-refractivity contribution in [3.63, 3.8) is 0 Å². The standard InChI is InChI=1S/C43H71N13O10/c1-24(2)22-31(54-37(60)28(14-8-9-19-44)52-36(59)29(51-35(58)25(3)45)15-10-20-49-43(47)48)39(62)55-32(23-27-12-6-5-7-13-27)38(61)50-26(4)41(64)56-21-11-16-33(56)40(63)53-30(42(65)66)17-18-34(46)57/h5-7,12-13,24-26,28-33H,8-11,14-23,44-45H2,1-4H3,(H2,46,57)(H,50,61)(H,51,58)(H,52,59)(H,53,63)(H,54,60)(H,55,62)(H,65,66)(H4,47,48,49). The van der Waals surface area contributed by atoms with Crippen molar-refractivity contribution < 1.29 is 48.3 Å². The number of carboxylic acid groups (broad SMARTS) is 1. The second kappa shape index (κ2) is 28.5.